The summed E-state index contributed by atoms with van der Waals surface area (Å²) in [5.41, 5.74) is 1.97. The highest BCUT2D eigenvalue weighted by Crippen LogP contribution is 2.25. The molecular formula is C10H12FNO. The molecule has 0 bridgehead atoms. The van der Waals surface area contributed by atoms with Crippen molar-refractivity contribution in [2.75, 3.05) is 6.67 Å². The van der Waals surface area contributed by atoms with Crippen molar-refractivity contribution < 1.29 is 9.50 Å². The van der Waals surface area contributed by atoms with Gasteiger partial charge in [0.15, 0.2) is 0 Å². The molecule has 3 heteroatoms. The van der Waals surface area contributed by atoms with E-state index in [1.54, 1.807) is 6.07 Å². The van der Waals surface area contributed by atoms with Crippen LogP contribution in [-0.2, 0) is 13.0 Å². The van der Waals surface area contributed by atoms with Crippen LogP contribution in [0.25, 0.3) is 0 Å². The molecular weight excluding hydrogens is 169 g/mol. The van der Waals surface area contributed by atoms with Crippen molar-refractivity contribution in [2.45, 2.75) is 19.0 Å². The Balaban J connectivity index is 2.32. The van der Waals surface area contributed by atoms with Crippen molar-refractivity contribution in [2.24, 2.45) is 0 Å². The largest absolute Gasteiger partial charge is 0.508 e. The van der Waals surface area contributed by atoms with Gasteiger partial charge < -0.3 is 10.4 Å². The molecule has 13 heavy (non-hydrogen) atoms. The average Bonchev–Trinajstić information content (AvgIpc) is 2.18. The molecule has 0 saturated heterocycles. The summed E-state index contributed by atoms with van der Waals surface area (Å²) in [4.78, 5) is 0. The second-order valence-corrected chi connectivity index (χ2v) is 3.35. The summed E-state index contributed by atoms with van der Waals surface area (Å²) >= 11 is 0. The summed E-state index contributed by atoms with van der Waals surface area (Å²) in [6.45, 7) is 0.270. The number of halogens is 1. The lowest BCUT2D eigenvalue weighted by atomic mass is 9.95. The van der Waals surface area contributed by atoms with E-state index >= 15 is 0 Å². The number of fused-ring (bicyclic) bond motifs is 1. The Kier molecular flexibility index (Phi) is 2.19. The number of aromatic hydroxyl groups is 1. The molecule has 70 valence electrons. The molecule has 1 aromatic carbocycles. The lowest BCUT2D eigenvalue weighted by Crippen LogP contribution is -2.37. The lowest BCUT2D eigenvalue weighted by molar-refractivity contribution is 0.352. The van der Waals surface area contributed by atoms with Crippen molar-refractivity contribution in [3.63, 3.8) is 0 Å². The zero-order chi connectivity index (χ0) is 9.26. The molecule has 0 aromatic heterocycles. The van der Waals surface area contributed by atoms with E-state index in [1.807, 2.05) is 12.1 Å². The Labute approximate surface area is 76.4 Å². The predicted octanol–water partition coefficient (Wildman–Crippen LogP) is 1.38. The van der Waals surface area contributed by atoms with E-state index in [9.17, 15) is 9.50 Å². The maximum atomic E-state index is 12.4. The smallest absolute Gasteiger partial charge is 0.119 e. The monoisotopic (exact) mass is 181 g/mol. The molecule has 0 amide bonds. The Morgan fingerprint density at radius 2 is 2.38 bits per heavy atom. The number of alkyl halides is 1. The van der Waals surface area contributed by atoms with Crippen LogP contribution in [0, 0.1) is 0 Å². The van der Waals surface area contributed by atoms with Gasteiger partial charge in [0.2, 0.25) is 0 Å². The van der Waals surface area contributed by atoms with Crippen LogP contribution >= 0.6 is 0 Å². The fourth-order valence-corrected chi connectivity index (χ4v) is 1.70. The molecule has 2 nitrogen and oxygen atoms in total. The first-order chi connectivity index (χ1) is 6.31. The summed E-state index contributed by atoms with van der Waals surface area (Å²) in [5.74, 6) is 0.289. The van der Waals surface area contributed by atoms with Gasteiger partial charge in [-0.1, -0.05) is 12.1 Å². The molecule has 0 spiro atoms. The van der Waals surface area contributed by atoms with E-state index in [4.69, 9.17) is 0 Å². The van der Waals surface area contributed by atoms with Crippen molar-refractivity contribution in [1.29, 1.82) is 0 Å². The van der Waals surface area contributed by atoms with Crippen LogP contribution in [0.4, 0.5) is 4.39 Å². The van der Waals surface area contributed by atoms with Crippen LogP contribution in [0.1, 0.15) is 11.1 Å². The SMILES string of the molecule is Oc1cccc2c1CC(CF)NC2. The van der Waals surface area contributed by atoms with E-state index in [0.717, 1.165) is 11.1 Å². The number of nitrogens with one attached hydrogen (secondary N) is 1. The van der Waals surface area contributed by atoms with Gasteiger partial charge in [-0.15, -0.1) is 0 Å². The number of hydrogen-bond donors (Lipinski definition) is 2. The number of benzene rings is 1. The molecule has 0 aliphatic carbocycles. The number of rotatable bonds is 1. The molecule has 1 aliphatic heterocycles. The Morgan fingerprint density at radius 1 is 1.54 bits per heavy atom. The third kappa shape index (κ3) is 1.52. The highest BCUT2D eigenvalue weighted by molar-refractivity contribution is 5.41. The Morgan fingerprint density at radius 3 is 3.15 bits per heavy atom. The van der Waals surface area contributed by atoms with Crippen LogP contribution in [0.15, 0.2) is 18.2 Å². The van der Waals surface area contributed by atoms with Crippen molar-refractivity contribution >= 4 is 0 Å². The minimum absolute atomic E-state index is 0.138. The van der Waals surface area contributed by atoms with Crippen LogP contribution in [0.3, 0.4) is 0 Å². The summed E-state index contributed by atoms with van der Waals surface area (Å²) in [6, 6.07) is 5.28. The van der Waals surface area contributed by atoms with Crippen molar-refractivity contribution in [1.82, 2.24) is 5.32 Å². The van der Waals surface area contributed by atoms with Gasteiger partial charge in [0.1, 0.15) is 12.4 Å². The maximum absolute atomic E-state index is 12.4. The van der Waals surface area contributed by atoms with E-state index in [1.165, 1.54) is 0 Å². The van der Waals surface area contributed by atoms with Gasteiger partial charge >= 0.3 is 0 Å². The van der Waals surface area contributed by atoms with Gasteiger partial charge in [-0.05, 0) is 23.6 Å². The highest BCUT2D eigenvalue weighted by atomic mass is 19.1. The van der Waals surface area contributed by atoms with Crippen LogP contribution in [-0.4, -0.2) is 17.8 Å². The second kappa shape index (κ2) is 3.34. The Hall–Kier alpha value is -1.09. The summed E-state index contributed by atoms with van der Waals surface area (Å²) < 4.78 is 12.4. The summed E-state index contributed by atoms with van der Waals surface area (Å²) in [7, 11) is 0. The molecule has 1 atom stereocenters. The quantitative estimate of drug-likeness (QED) is 0.686. The van der Waals surface area contributed by atoms with Crippen LogP contribution in [0.2, 0.25) is 0 Å². The second-order valence-electron chi connectivity index (χ2n) is 3.35. The summed E-state index contributed by atoms with van der Waals surface area (Å²) in [5, 5.41) is 12.6. The topological polar surface area (TPSA) is 32.3 Å². The molecule has 1 heterocycles. The highest BCUT2D eigenvalue weighted by Gasteiger charge is 2.19. The first-order valence-electron chi connectivity index (χ1n) is 4.40. The molecule has 1 aliphatic rings. The van der Waals surface area contributed by atoms with Gasteiger partial charge in [0.05, 0.1) is 0 Å². The maximum Gasteiger partial charge on any atom is 0.119 e. The van der Waals surface area contributed by atoms with Crippen LogP contribution < -0.4 is 5.32 Å². The standard InChI is InChI=1S/C10H12FNO/c11-5-8-4-9-7(6-12-8)2-1-3-10(9)13/h1-3,8,12-13H,4-6H2. The fourth-order valence-electron chi connectivity index (χ4n) is 1.70. The summed E-state index contributed by atoms with van der Waals surface area (Å²) in [6.07, 6.45) is 0.582. The van der Waals surface area contributed by atoms with E-state index in [-0.39, 0.29) is 18.5 Å². The van der Waals surface area contributed by atoms with E-state index in [0.29, 0.717) is 13.0 Å². The zero-order valence-corrected chi connectivity index (χ0v) is 7.26. The first kappa shape index (κ1) is 8.51. The number of phenols is 1. The van der Waals surface area contributed by atoms with E-state index in [2.05, 4.69) is 5.32 Å². The molecule has 0 saturated carbocycles. The third-order valence-electron chi connectivity index (χ3n) is 2.47. The lowest BCUT2D eigenvalue weighted by Gasteiger charge is -2.24. The van der Waals surface area contributed by atoms with Crippen molar-refractivity contribution in [3.05, 3.63) is 29.3 Å². The number of hydrogen-bond acceptors (Lipinski definition) is 2. The average molecular weight is 181 g/mol. The fraction of sp³-hybridized carbons (Fsp3) is 0.400. The minimum Gasteiger partial charge on any atom is -0.508 e. The van der Waals surface area contributed by atoms with Gasteiger partial charge in [-0.2, -0.15) is 0 Å². The molecule has 1 aromatic rings. The van der Waals surface area contributed by atoms with Gasteiger partial charge in [-0.25, -0.2) is 4.39 Å². The van der Waals surface area contributed by atoms with Crippen molar-refractivity contribution in [3.8, 4) is 5.75 Å². The molecule has 2 rings (SSSR count). The van der Waals surface area contributed by atoms with Gasteiger partial charge in [-0.3, -0.25) is 0 Å². The first-order valence-corrected chi connectivity index (χ1v) is 4.40. The third-order valence-corrected chi connectivity index (χ3v) is 2.47. The van der Waals surface area contributed by atoms with Gasteiger partial charge in [0, 0.05) is 12.6 Å². The Bertz CT molecular complexity index is 314. The van der Waals surface area contributed by atoms with E-state index < -0.39 is 0 Å². The normalized spacial score (nSPS) is 21.2. The predicted molar refractivity (Wildman–Crippen MR) is 48.4 cm³/mol. The molecule has 0 radical (unpaired) electrons. The zero-order valence-electron chi connectivity index (χ0n) is 7.26. The van der Waals surface area contributed by atoms with Gasteiger partial charge in [0.25, 0.3) is 0 Å². The molecule has 2 N–H and O–H groups in total. The number of phenolic OH excluding ortho intramolecular Hbond substituents is 1. The van der Waals surface area contributed by atoms with Crippen LogP contribution in [0.5, 0.6) is 5.75 Å². The molecule has 1 unspecified atom stereocenters. The molecule has 0 fully saturated rings. The minimum atomic E-state index is -0.381.